The molecule has 1 N–H and O–H groups in total. The Bertz CT molecular complexity index is 986. The highest BCUT2D eigenvalue weighted by Gasteiger charge is 2.14. The van der Waals surface area contributed by atoms with Crippen molar-refractivity contribution in [3.63, 3.8) is 0 Å². The van der Waals surface area contributed by atoms with Gasteiger partial charge >= 0.3 is 0 Å². The zero-order valence-corrected chi connectivity index (χ0v) is 16.7. The number of hydrogen-bond donors (Lipinski definition) is 1. The number of carbonyl (C=O) groups excluding carboxylic acids is 1. The van der Waals surface area contributed by atoms with Crippen molar-refractivity contribution in [1.82, 2.24) is 5.32 Å². The molecule has 0 fully saturated rings. The number of aryl methyl sites for hydroxylation is 1. The van der Waals surface area contributed by atoms with Gasteiger partial charge in [0.1, 0.15) is 23.9 Å². The zero-order valence-electron chi connectivity index (χ0n) is 16.7. The molecule has 0 heterocycles. The van der Waals surface area contributed by atoms with E-state index in [1.165, 1.54) is 12.1 Å². The SMILES string of the molecule is COc1ccc(C(=O)N[C@H](C)c2ccc(F)cc2)cc1COc1cccc(C)c1. The molecule has 1 atom stereocenters. The average Bonchev–Trinajstić information content (AvgIpc) is 2.72. The van der Waals surface area contributed by atoms with Gasteiger partial charge in [-0.25, -0.2) is 4.39 Å². The van der Waals surface area contributed by atoms with Crippen LogP contribution in [-0.2, 0) is 6.61 Å². The lowest BCUT2D eigenvalue weighted by Gasteiger charge is -2.16. The van der Waals surface area contributed by atoms with E-state index in [9.17, 15) is 9.18 Å². The molecule has 150 valence electrons. The van der Waals surface area contributed by atoms with E-state index in [0.29, 0.717) is 11.3 Å². The topological polar surface area (TPSA) is 47.6 Å². The van der Waals surface area contributed by atoms with Crippen LogP contribution in [0.1, 0.15) is 40.0 Å². The number of benzene rings is 3. The lowest BCUT2D eigenvalue weighted by atomic mass is 10.1. The molecule has 3 aromatic rings. The summed E-state index contributed by atoms with van der Waals surface area (Å²) >= 11 is 0. The maximum absolute atomic E-state index is 13.1. The number of hydrogen-bond acceptors (Lipinski definition) is 3. The fraction of sp³-hybridized carbons (Fsp3) is 0.208. The summed E-state index contributed by atoms with van der Waals surface area (Å²) in [5.74, 6) is 0.884. The quantitative estimate of drug-likeness (QED) is 0.599. The third-order valence-electron chi connectivity index (χ3n) is 4.64. The number of nitrogens with one attached hydrogen (secondary N) is 1. The van der Waals surface area contributed by atoms with Crippen LogP contribution >= 0.6 is 0 Å². The first kappa shape index (κ1) is 20.4. The maximum Gasteiger partial charge on any atom is 0.251 e. The number of halogens is 1. The van der Waals surface area contributed by atoms with Gasteiger partial charge in [0.25, 0.3) is 5.91 Å². The highest BCUT2D eigenvalue weighted by atomic mass is 19.1. The summed E-state index contributed by atoms with van der Waals surface area (Å²) in [6, 6.07) is 18.8. The number of carbonyl (C=O) groups is 1. The summed E-state index contributed by atoms with van der Waals surface area (Å²) in [5, 5.41) is 2.93. The standard InChI is InChI=1S/C24H24FNO3/c1-16-5-4-6-22(13-16)29-15-20-14-19(9-12-23(20)28-3)24(27)26-17(2)18-7-10-21(25)11-8-18/h4-14,17H,15H2,1-3H3,(H,26,27)/t17-/m1/s1. The smallest absolute Gasteiger partial charge is 0.251 e. The molecular formula is C24H24FNO3. The minimum Gasteiger partial charge on any atom is -0.496 e. The van der Waals surface area contributed by atoms with Crippen LogP contribution in [0.2, 0.25) is 0 Å². The predicted molar refractivity (Wildman–Crippen MR) is 111 cm³/mol. The van der Waals surface area contributed by atoms with Crippen molar-refractivity contribution in [3.8, 4) is 11.5 Å². The summed E-state index contributed by atoms with van der Waals surface area (Å²) in [7, 11) is 1.59. The van der Waals surface area contributed by atoms with Gasteiger partial charge in [-0.15, -0.1) is 0 Å². The van der Waals surface area contributed by atoms with Gasteiger partial charge in [-0.3, -0.25) is 4.79 Å². The molecule has 0 radical (unpaired) electrons. The van der Waals surface area contributed by atoms with Gasteiger partial charge in [0.05, 0.1) is 13.2 Å². The van der Waals surface area contributed by atoms with E-state index < -0.39 is 0 Å². The van der Waals surface area contributed by atoms with Crippen molar-refractivity contribution in [2.45, 2.75) is 26.5 Å². The Hall–Kier alpha value is -3.34. The molecule has 0 saturated heterocycles. The fourth-order valence-electron chi connectivity index (χ4n) is 3.01. The van der Waals surface area contributed by atoms with Crippen molar-refractivity contribution in [2.75, 3.05) is 7.11 Å². The zero-order chi connectivity index (χ0) is 20.8. The molecule has 0 aliphatic rings. The molecule has 5 heteroatoms. The van der Waals surface area contributed by atoms with E-state index in [2.05, 4.69) is 5.32 Å². The first-order valence-corrected chi connectivity index (χ1v) is 9.39. The Morgan fingerprint density at radius 2 is 1.83 bits per heavy atom. The number of methoxy groups -OCH3 is 1. The Morgan fingerprint density at radius 3 is 2.52 bits per heavy atom. The Morgan fingerprint density at radius 1 is 1.07 bits per heavy atom. The molecule has 0 bridgehead atoms. The van der Waals surface area contributed by atoms with Gasteiger partial charge in [0, 0.05) is 11.1 Å². The van der Waals surface area contributed by atoms with Crippen LogP contribution in [0.4, 0.5) is 4.39 Å². The third-order valence-corrected chi connectivity index (χ3v) is 4.64. The van der Waals surface area contributed by atoms with Gasteiger partial charge in [0.2, 0.25) is 0 Å². The van der Waals surface area contributed by atoms with Crippen molar-refractivity contribution in [3.05, 3.63) is 94.8 Å². The molecule has 4 nitrogen and oxygen atoms in total. The van der Waals surface area contributed by atoms with E-state index >= 15 is 0 Å². The van der Waals surface area contributed by atoms with Crippen molar-refractivity contribution in [1.29, 1.82) is 0 Å². The molecule has 29 heavy (non-hydrogen) atoms. The first-order valence-electron chi connectivity index (χ1n) is 9.39. The number of ether oxygens (including phenoxy) is 2. The average molecular weight is 393 g/mol. The lowest BCUT2D eigenvalue weighted by molar-refractivity contribution is 0.0939. The molecule has 0 spiro atoms. The summed E-state index contributed by atoms with van der Waals surface area (Å²) < 4.78 is 24.4. The van der Waals surface area contributed by atoms with Crippen molar-refractivity contribution < 1.29 is 18.7 Å². The highest BCUT2D eigenvalue weighted by Crippen LogP contribution is 2.23. The second-order valence-electron chi connectivity index (χ2n) is 6.88. The maximum atomic E-state index is 13.1. The fourth-order valence-corrected chi connectivity index (χ4v) is 3.01. The van der Waals surface area contributed by atoms with Crippen LogP contribution in [0.25, 0.3) is 0 Å². The third kappa shape index (κ3) is 5.35. The van der Waals surface area contributed by atoms with Gasteiger partial charge in [-0.2, -0.15) is 0 Å². The van der Waals surface area contributed by atoms with Crippen molar-refractivity contribution in [2.24, 2.45) is 0 Å². The molecule has 0 aliphatic carbocycles. The largest absolute Gasteiger partial charge is 0.496 e. The van der Waals surface area contributed by atoms with Crippen LogP contribution in [0.5, 0.6) is 11.5 Å². The van der Waals surface area contributed by atoms with Crippen LogP contribution in [0, 0.1) is 12.7 Å². The monoisotopic (exact) mass is 393 g/mol. The molecule has 1 amide bonds. The second kappa shape index (κ2) is 9.24. The molecule has 0 aromatic heterocycles. The lowest BCUT2D eigenvalue weighted by Crippen LogP contribution is -2.26. The molecular weight excluding hydrogens is 369 g/mol. The van der Waals surface area contributed by atoms with E-state index in [-0.39, 0.29) is 24.4 Å². The van der Waals surface area contributed by atoms with Crippen LogP contribution in [-0.4, -0.2) is 13.0 Å². The minimum atomic E-state index is -0.305. The minimum absolute atomic E-state index is 0.221. The Kier molecular flexibility index (Phi) is 6.50. The van der Waals surface area contributed by atoms with E-state index in [1.807, 2.05) is 38.1 Å². The molecule has 0 unspecified atom stereocenters. The van der Waals surface area contributed by atoms with E-state index in [4.69, 9.17) is 9.47 Å². The van der Waals surface area contributed by atoms with E-state index in [1.54, 1.807) is 37.4 Å². The van der Waals surface area contributed by atoms with E-state index in [0.717, 1.165) is 22.4 Å². The summed E-state index contributed by atoms with van der Waals surface area (Å²) in [5.41, 5.74) is 3.22. The van der Waals surface area contributed by atoms with Crippen molar-refractivity contribution >= 4 is 5.91 Å². The first-order chi connectivity index (χ1) is 14.0. The van der Waals surface area contributed by atoms with Gasteiger partial charge in [-0.05, 0) is 67.4 Å². The summed E-state index contributed by atoms with van der Waals surface area (Å²) in [6.45, 7) is 4.14. The summed E-state index contributed by atoms with van der Waals surface area (Å²) in [6.07, 6.45) is 0. The number of amides is 1. The molecule has 3 rings (SSSR count). The molecule has 3 aromatic carbocycles. The predicted octanol–water partition coefficient (Wildman–Crippen LogP) is 5.21. The van der Waals surface area contributed by atoms with Gasteiger partial charge in [0.15, 0.2) is 0 Å². The molecule has 0 aliphatic heterocycles. The van der Waals surface area contributed by atoms with Crippen LogP contribution < -0.4 is 14.8 Å². The van der Waals surface area contributed by atoms with Crippen LogP contribution in [0.3, 0.4) is 0 Å². The normalized spacial score (nSPS) is 11.6. The second-order valence-corrected chi connectivity index (χ2v) is 6.88. The molecule has 0 saturated carbocycles. The van der Waals surface area contributed by atoms with Crippen LogP contribution in [0.15, 0.2) is 66.7 Å². The Balaban J connectivity index is 1.72. The Labute approximate surface area is 170 Å². The highest BCUT2D eigenvalue weighted by molar-refractivity contribution is 5.94. The van der Waals surface area contributed by atoms with Gasteiger partial charge < -0.3 is 14.8 Å². The summed E-state index contributed by atoms with van der Waals surface area (Å²) in [4.78, 5) is 12.7. The number of rotatable bonds is 7. The van der Waals surface area contributed by atoms with Gasteiger partial charge in [-0.1, -0.05) is 24.3 Å².